The van der Waals surface area contributed by atoms with Crippen LogP contribution in [0.5, 0.6) is 0 Å². The molecule has 88 valence electrons. The predicted octanol–water partition coefficient (Wildman–Crippen LogP) is 0.463. The van der Waals surface area contributed by atoms with E-state index in [1.807, 2.05) is 0 Å². The minimum absolute atomic E-state index is 0.155. The van der Waals surface area contributed by atoms with Crippen molar-refractivity contribution in [2.45, 2.75) is 25.9 Å². The number of benzene rings is 1. The highest BCUT2D eigenvalue weighted by molar-refractivity contribution is 5.77. The predicted molar refractivity (Wildman–Crippen MR) is 55.4 cm³/mol. The highest BCUT2D eigenvalue weighted by atomic mass is 19.2. The lowest BCUT2D eigenvalue weighted by molar-refractivity contribution is -0.710. The van der Waals surface area contributed by atoms with Gasteiger partial charge in [-0.3, -0.25) is 4.79 Å². The fourth-order valence-electron chi connectivity index (χ4n) is 1.43. The molecule has 0 aliphatic rings. The summed E-state index contributed by atoms with van der Waals surface area (Å²) in [4.78, 5) is 10.8. The Hall–Kier alpha value is -1.49. The number of halogens is 2. The molecular weight excluding hydrogens is 214 g/mol. The second kappa shape index (κ2) is 5.03. The summed E-state index contributed by atoms with van der Waals surface area (Å²) >= 11 is 0. The number of amides is 1. The summed E-state index contributed by atoms with van der Waals surface area (Å²) in [6.45, 7) is 3.46. The third kappa shape index (κ3) is 3.00. The van der Waals surface area contributed by atoms with Gasteiger partial charge in [0.1, 0.15) is 6.04 Å². The highest BCUT2D eigenvalue weighted by Crippen LogP contribution is 2.13. The molecule has 0 aliphatic carbocycles. The minimum Gasteiger partial charge on any atom is -0.365 e. The van der Waals surface area contributed by atoms with Gasteiger partial charge in [-0.2, -0.15) is 0 Å². The Morgan fingerprint density at radius 3 is 2.44 bits per heavy atom. The van der Waals surface area contributed by atoms with Crippen LogP contribution < -0.4 is 11.1 Å². The summed E-state index contributed by atoms with van der Waals surface area (Å²) in [6, 6.07) is 3.14. The lowest BCUT2D eigenvalue weighted by Crippen LogP contribution is -2.92. The molecule has 16 heavy (non-hydrogen) atoms. The van der Waals surface area contributed by atoms with E-state index in [0.29, 0.717) is 5.56 Å². The van der Waals surface area contributed by atoms with Crippen LogP contribution >= 0.6 is 0 Å². The average molecular weight is 229 g/mol. The molecule has 0 unspecified atom stereocenters. The SMILES string of the molecule is C[C@H]([NH2+][C@H](C)c1ccc(F)c(F)c1)C(N)=O. The number of hydrogen-bond donors (Lipinski definition) is 2. The quantitative estimate of drug-likeness (QED) is 0.774. The van der Waals surface area contributed by atoms with Crippen molar-refractivity contribution in [3.8, 4) is 0 Å². The molecular formula is C11H15F2N2O+. The van der Waals surface area contributed by atoms with Crippen molar-refractivity contribution in [1.29, 1.82) is 0 Å². The van der Waals surface area contributed by atoms with E-state index in [0.717, 1.165) is 12.1 Å². The minimum atomic E-state index is -0.885. The second-order valence-electron chi connectivity index (χ2n) is 3.85. The Bertz CT molecular complexity index is 396. The normalized spacial score (nSPS) is 14.5. The van der Waals surface area contributed by atoms with Crippen molar-refractivity contribution in [2.24, 2.45) is 5.73 Å². The van der Waals surface area contributed by atoms with E-state index >= 15 is 0 Å². The second-order valence-corrected chi connectivity index (χ2v) is 3.85. The Morgan fingerprint density at radius 2 is 1.94 bits per heavy atom. The van der Waals surface area contributed by atoms with Crippen LogP contribution in [0.3, 0.4) is 0 Å². The first-order chi connectivity index (χ1) is 7.41. The number of rotatable bonds is 4. The van der Waals surface area contributed by atoms with Gasteiger partial charge in [0.15, 0.2) is 17.7 Å². The van der Waals surface area contributed by atoms with Crippen LogP contribution in [0, 0.1) is 11.6 Å². The van der Waals surface area contributed by atoms with Crippen molar-refractivity contribution >= 4 is 5.91 Å². The van der Waals surface area contributed by atoms with Crippen LogP contribution in [0.4, 0.5) is 8.78 Å². The summed E-state index contributed by atoms with van der Waals surface area (Å²) in [6.07, 6.45) is 0. The number of carbonyl (C=O) groups is 1. The van der Waals surface area contributed by atoms with E-state index in [4.69, 9.17) is 5.73 Å². The van der Waals surface area contributed by atoms with Crippen LogP contribution in [-0.4, -0.2) is 11.9 Å². The average Bonchev–Trinajstić information content (AvgIpc) is 2.21. The van der Waals surface area contributed by atoms with Gasteiger partial charge in [-0.25, -0.2) is 8.78 Å². The van der Waals surface area contributed by atoms with E-state index in [-0.39, 0.29) is 6.04 Å². The fourth-order valence-corrected chi connectivity index (χ4v) is 1.43. The molecule has 0 aliphatic heterocycles. The van der Waals surface area contributed by atoms with Gasteiger partial charge in [-0.05, 0) is 32.0 Å². The third-order valence-electron chi connectivity index (χ3n) is 2.50. The summed E-state index contributed by atoms with van der Waals surface area (Å²) in [5.41, 5.74) is 5.73. The number of nitrogens with two attached hydrogens (primary N) is 2. The maximum absolute atomic E-state index is 13.0. The molecule has 0 heterocycles. The van der Waals surface area contributed by atoms with Crippen molar-refractivity contribution < 1.29 is 18.9 Å². The third-order valence-corrected chi connectivity index (χ3v) is 2.50. The Labute approximate surface area is 92.6 Å². The molecule has 3 nitrogen and oxygen atoms in total. The number of quaternary nitrogens is 1. The first-order valence-electron chi connectivity index (χ1n) is 5.01. The van der Waals surface area contributed by atoms with Crippen LogP contribution in [0.15, 0.2) is 18.2 Å². The molecule has 1 aromatic carbocycles. The van der Waals surface area contributed by atoms with Crippen molar-refractivity contribution in [3.63, 3.8) is 0 Å². The molecule has 2 atom stereocenters. The van der Waals surface area contributed by atoms with Crippen LogP contribution in [0.2, 0.25) is 0 Å². The molecule has 0 fully saturated rings. The lowest BCUT2D eigenvalue weighted by Gasteiger charge is -2.14. The molecule has 0 saturated carbocycles. The fraction of sp³-hybridized carbons (Fsp3) is 0.364. The van der Waals surface area contributed by atoms with Gasteiger partial charge >= 0.3 is 0 Å². The van der Waals surface area contributed by atoms with Crippen LogP contribution in [0.25, 0.3) is 0 Å². The molecule has 0 saturated heterocycles. The number of hydrogen-bond acceptors (Lipinski definition) is 1. The van der Waals surface area contributed by atoms with Gasteiger partial charge in [0.25, 0.3) is 5.91 Å². The van der Waals surface area contributed by atoms with Crippen molar-refractivity contribution in [1.82, 2.24) is 0 Å². The van der Waals surface area contributed by atoms with E-state index in [1.165, 1.54) is 6.07 Å². The molecule has 0 bridgehead atoms. The summed E-state index contributed by atoms with van der Waals surface area (Å²) in [5, 5.41) is 1.70. The topological polar surface area (TPSA) is 59.7 Å². The first kappa shape index (κ1) is 12.6. The van der Waals surface area contributed by atoms with E-state index in [1.54, 1.807) is 19.2 Å². The first-order valence-corrected chi connectivity index (χ1v) is 5.01. The zero-order valence-corrected chi connectivity index (χ0v) is 9.21. The highest BCUT2D eigenvalue weighted by Gasteiger charge is 2.18. The van der Waals surface area contributed by atoms with Gasteiger partial charge in [0.05, 0.1) is 0 Å². The zero-order valence-electron chi connectivity index (χ0n) is 9.21. The molecule has 1 amide bonds. The molecule has 1 aromatic rings. The number of primary amides is 1. The summed E-state index contributed by atoms with van der Waals surface area (Å²) in [5.74, 6) is -2.20. The van der Waals surface area contributed by atoms with E-state index in [9.17, 15) is 13.6 Å². The van der Waals surface area contributed by atoms with Gasteiger partial charge < -0.3 is 11.1 Å². The zero-order chi connectivity index (χ0) is 12.3. The van der Waals surface area contributed by atoms with Gasteiger partial charge in [0.2, 0.25) is 0 Å². The van der Waals surface area contributed by atoms with Gasteiger partial charge in [-0.1, -0.05) is 0 Å². The maximum atomic E-state index is 13.0. The van der Waals surface area contributed by atoms with Crippen LogP contribution in [0.1, 0.15) is 25.5 Å². The monoisotopic (exact) mass is 229 g/mol. The van der Waals surface area contributed by atoms with E-state index < -0.39 is 23.6 Å². The Morgan fingerprint density at radius 1 is 1.31 bits per heavy atom. The Balaban J connectivity index is 2.76. The smallest absolute Gasteiger partial charge is 0.275 e. The maximum Gasteiger partial charge on any atom is 0.275 e. The van der Waals surface area contributed by atoms with E-state index in [2.05, 4.69) is 0 Å². The van der Waals surface area contributed by atoms with Crippen LogP contribution in [-0.2, 0) is 4.79 Å². The molecule has 5 heteroatoms. The van der Waals surface area contributed by atoms with Crippen molar-refractivity contribution in [2.75, 3.05) is 0 Å². The Kier molecular flexibility index (Phi) is 3.95. The lowest BCUT2D eigenvalue weighted by atomic mass is 10.1. The largest absolute Gasteiger partial charge is 0.365 e. The standard InChI is InChI=1S/C11H14F2N2O/c1-6(15-7(2)11(14)16)8-3-4-9(12)10(13)5-8/h3-7,15H,1-2H3,(H2,14,16)/p+1/t6-,7+/m1/s1. The molecule has 4 N–H and O–H groups in total. The molecule has 0 aromatic heterocycles. The molecule has 0 spiro atoms. The summed E-state index contributed by atoms with van der Waals surface area (Å²) in [7, 11) is 0. The van der Waals surface area contributed by atoms with Crippen molar-refractivity contribution in [3.05, 3.63) is 35.4 Å². The number of carbonyl (C=O) groups excluding carboxylic acids is 1. The summed E-state index contributed by atoms with van der Waals surface area (Å²) < 4.78 is 25.6. The molecule has 1 rings (SSSR count). The van der Waals surface area contributed by atoms with Gasteiger partial charge in [0, 0.05) is 5.56 Å². The molecule has 0 radical (unpaired) electrons. The van der Waals surface area contributed by atoms with Gasteiger partial charge in [-0.15, -0.1) is 0 Å².